The first kappa shape index (κ1) is 14.9. The summed E-state index contributed by atoms with van der Waals surface area (Å²) in [7, 11) is 0. The number of carbonyl (C=O) groups is 1. The minimum atomic E-state index is -0.183. The highest BCUT2D eigenvalue weighted by Gasteiger charge is 2.27. The van der Waals surface area contributed by atoms with Gasteiger partial charge >= 0.3 is 0 Å². The van der Waals surface area contributed by atoms with Crippen LogP contribution in [-0.2, 0) is 11.3 Å². The number of para-hydroxylation sites is 1. The van der Waals surface area contributed by atoms with E-state index in [0.717, 1.165) is 26.1 Å². The van der Waals surface area contributed by atoms with Crippen molar-refractivity contribution in [3.05, 3.63) is 29.8 Å². The molecular weight excluding hydrogens is 250 g/mol. The van der Waals surface area contributed by atoms with Gasteiger partial charge < -0.3 is 16.0 Å². The Kier molecular flexibility index (Phi) is 4.33. The number of hydrogen-bond acceptors (Lipinski definition) is 3. The Morgan fingerprint density at radius 1 is 1.40 bits per heavy atom. The largest absolute Gasteiger partial charge is 0.370 e. The zero-order valence-corrected chi connectivity index (χ0v) is 12.6. The van der Waals surface area contributed by atoms with Crippen LogP contribution in [0.3, 0.4) is 0 Å². The summed E-state index contributed by atoms with van der Waals surface area (Å²) in [5.41, 5.74) is 7.99. The second-order valence-electron chi connectivity index (χ2n) is 6.57. The number of nitrogens with two attached hydrogens (primary N) is 1. The highest BCUT2D eigenvalue weighted by atomic mass is 16.1. The molecule has 0 radical (unpaired) electrons. The third-order valence-corrected chi connectivity index (χ3v) is 3.73. The van der Waals surface area contributed by atoms with Gasteiger partial charge in [0.1, 0.15) is 0 Å². The summed E-state index contributed by atoms with van der Waals surface area (Å²) >= 11 is 0. The molecule has 1 fully saturated rings. The van der Waals surface area contributed by atoms with Gasteiger partial charge in [0.25, 0.3) is 0 Å². The van der Waals surface area contributed by atoms with Crippen LogP contribution in [0.25, 0.3) is 0 Å². The van der Waals surface area contributed by atoms with Crippen molar-refractivity contribution in [3.8, 4) is 0 Å². The van der Waals surface area contributed by atoms with Crippen LogP contribution >= 0.6 is 0 Å². The van der Waals surface area contributed by atoms with Crippen LogP contribution in [0.2, 0.25) is 0 Å². The smallest absolute Gasteiger partial charge is 0.222 e. The van der Waals surface area contributed by atoms with E-state index in [1.165, 1.54) is 11.3 Å². The van der Waals surface area contributed by atoms with E-state index in [-0.39, 0.29) is 17.4 Å². The zero-order valence-electron chi connectivity index (χ0n) is 12.6. The SMILES string of the molecule is CC(C)(C)NCc1ccccc1N1CCC(C(N)=O)C1. The quantitative estimate of drug-likeness (QED) is 0.882. The lowest BCUT2D eigenvalue weighted by Gasteiger charge is -2.25. The number of nitrogens with one attached hydrogen (secondary N) is 1. The third-order valence-electron chi connectivity index (χ3n) is 3.73. The van der Waals surface area contributed by atoms with E-state index in [4.69, 9.17) is 5.73 Å². The van der Waals surface area contributed by atoms with E-state index in [9.17, 15) is 4.79 Å². The molecule has 1 aliphatic heterocycles. The molecule has 1 saturated heterocycles. The fourth-order valence-electron chi connectivity index (χ4n) is 2.54. The van der Waals surface area contributed by atoms with Crippen molar-refractivity contribution in [1.29, 1.82) is 0 Å². The van der Waals surface area contributed by atoms with Crippen molar-refractivity contribution in [2.75, 3.05) is 18.0 Å². The number of primary amides is 1. The number of carbonyl (C=O) groups excluding carboxylic acids is 1. The van der Waals surface area contributed by atoms with E-state index < -0.39 is 0 Å². The van der Waals surface area contributed by atoms with Gasteiger partial charge in [0, 0.05) is 30.9 Å². The van der Waals surface area contributed by atoms with E-state index in [2.05, 4.69) is 49.2 Å². The van der Waals surface area contributed by atoms with Gasteiger partial charge in [0.05, 0.1) is 5.92 Å². The predicted molar refractivity (Wildman–Crippen MR) is 82.5 cm³/mol. The van der Waals surface area contributed by atoms with Gasteiger partial charge in [-0.25, -0.2) is 0 Å². The number of amides is 1. The monoisotopic (exact) mass is 275 g/mol. The van der Waals surface area contributed by atoms with Gasteiger partial charge in [0.2, 0.25) is 5.91 Å². The Morgan fingerprint density at radius 3 is 2.70 bits per heavy atom. The molecule has 2 rings (SSSR count). The van der Waals surface area contributed by atoms with E-state index >= 15 is 0 Å². The van der Waals surface area contributed by atoms with E-state index in [1.807, 2.05) is 6.07 Å². The average molecular weight is 275 g/mol. The highest BCUT2D eigenvalue weighted by Crippen LogP contribution is 2.27. The van der Waals surface area contributed by atoms with Crippen molar-refractivity contribution in [1.82, 2.24) is 5.32 Å². The van der Waals surface area contributed by atoms with Crippen molar-refractivity contribution >= 4 is 11.6 Å². The molecule has 1 aromatic carbocycles. The standard InChI is InChI=1S/C16H25N3O/c1-16(2,3)18-10-12-6-4-5-7-14(12)19-9-8-13(11-19)15(17)20/h4-7,13,18H,8-11H2,1-3H3,(H2,17,20). The molecule has 1 aliphatic rings. The van der Waals surface area contributed by atoms with Crippen LogP contribution in [0.15, 0.2) is 24.3 Å². The number of hydrogen-bond donors (Lipinski definition) is 2. The first-order chi connectivity index (χ1) is 9.37. The van der Waals surface area contributed by atoms with Crippen molar-refractivity contribution in [3.63, 3.8) is 0 Å². The summed E-state index contributed by atoms with van der Waals surface area (Å²) in [5, 5.41) is 3.52. The van der Waals surface area contributed by atoms with Crippen molar-refractivity contribution < 1.29 is 4.79 Å². The molecule has 1 aromatic rings. The molecular formula is C16H25N3O. The predicted octanol–water partition coefficient (Wildman–Crippen LogP) is 1.89. The minimum absolute atomic E-state index is 0.0152. The van der Waals surface area contributed by atoms with Crippen molar-refractivity contribution in [2.24, 2.45) is 11.7 Å². The maximum absolute atomic E-state index is 11.3. The summed E-state index contributed by atoms with van der Waals surface area (Å²) in [6.07, 6.45) is 0.858. The minimum Gasteiger partial charge on any atom is -0.370 e. The van der Waals surface area contributed by atoms with Gasteiger partial charge in [-0.05, 0) is 38.8 Å². The number of benzene rings is 1. The Labute approximate surface area is 121 Å². The summed E-state index contributed by atoms with van der Waals surface area (Å²) in [6.45, 7) is 8.96. The lowest BCUT2D eigenvalue weighted by Crippen LogP contribution is -2.35. The molecule has 0 aliphatic carbocycles. The van der Waals surface area contributed by atoms with E-state index in [0.29, 0.717) is 0 Å². The maximum Gasteiger partial charge on any atom is 0.222 e. The van der Waals surface area contributed by atoms with Gasteiger partial charge in [0.15, 0.2) is 0 Å². The average Bonchev–Trinajstić information content (AvgIpc) is 2.85. The van der Waals surface area contributed by atoms with E-state index in [1.54, 1.807) is 0 Å². The van der Waals surface area contributed by atoms with Crippen LogP contribution < -0.4 is 16.0 Å². The number of anilines is 1. The molecule has 110 valence electrons. The summed E-state index contributed by atoms with van der Waals surface area (Å²) in [4.78, 5) is 13.6. The van der Waals surface area contributed by atoms with Crippen LogP contribution in [0.4, 0.5) is 5.69 Å². The van der Waals surface area contributed by atoms with Gasteiger partial charge in [-0.3, -0.25) is 4.79 Å². The lowest BCUT2D eigenvalue weighted by atomic mass is 10.1. The second kappa shape index (κ2) is 5.83. The van der Waals surface area contributed by atoms with Crippen LogP contribution in [0.1, 0.15) is 32.8 Å². The topological polar surface area (TPSA) is 58.4 Å². The molecule has 1 heterocycles. The summed E-state index contributed by atoms with van der Waals surface area (Å²) < 4.78 is 0. The molecule has 4 nitrogen and oxygen atoms in total. The Bertz CT molecular complexity index is 479. The van der Waals surface area contributed by atoms with Crippen LogP contribution in [-0.4, -0.2) is 24.5 Å². The molecule has 3 N–H and O–H groups in total. The number of nitrogens with zero attached hydrogens (tertiary/aromatic N) is 1. The summed E-state index contributed by atoms with van der Waals surface area (Å²) in [5.74, 6) is -0.198. The highest BCUT2D eigenvalue weighted by molar-refractivity contribution is 5.78. The first-order valence-electron chi connectivity index (χ1n) is 7.24. The van der Waals surface area contributed by atoms with Gasteiger partial charge in [-0.15, -0.1) is 0 Å². The second-order valence-corrected chi connectivity index (χ2v) is 6.57. The van der Waals surface area contributed by atoms with Crippen LogP contribution in [0.5, 0.6) is 0 Å². The lowest BCUT2D eigenvalue weighted by molar-refractivity contribution is -0.121. The Balaban J connectivity index is 2.10. The Morgan fingerprint density at radius 2 is 2.10 bits per heavy atom. The first-order valence-corrected chi connectivity index (χ1v) is 7.24. The molecule has 0 saturated carbocycles. The maximum atomic E-state index is 11.3. The molecule has 20 heavy (non-hydrogen) atoms. The fourth-order valence-corrected chi connectivity index (χ4v) is 2.54. The summed E-state index contributed by atoms with van der Waals surface area (Å²) in [6, 6.07) is 8.38. The van der Waals surface area contributed by atoms with Crippen molar-refractivity contribution in [2.45, 2.75) is 39.3 Å². The van der Waals surface area contributed by atoms with Gasteiger partial charge in [-0.2, -0.15) is 0 Å². The molecule has 1 amide bonds. The molecule has 1 atom stereocenters. The molecule has 4 heteroatoms. The normalized spacial score (nSPS) is 19.4. The number of rotatable bonds is 4. The molecule has 0 aromatic heterocycles. The van der Waals surface area contributed by atoms with Gasteiger partial charge in [-0.1, -0.05) is 18.2 Å². The van der Waals surface area contributed by atoms with Crippen LogP contribution in [0, 0.1) is 5.92 Å². The molecule has 0 bridgehead atoms. The Hall–Kier alpha value is -1.55. The fraction of sp³-hybridized carbons (Fsp3) is 0.562. The zero-order chi connectivity index (χ0) is 14.8. The molecule has 1 unspecified atom stereocenters. The third kappa shape index (κ3) is 3.73. The molecule has 0 spiro atoms.